The van der Waals surface area contributed by atoms with Crippen LogP contribution in [0, 0.1) is 0 Å². The number of halogens is 1. The number of nitrogens with zero attached hydrogens (tertiary/aromatic N) is 3. The van der Waals surface area contributed by atoms with Crippen LogP contribution in [0.1, 0.15) is 22.5 Å². The molecule has 1 heterocycles. The van der Waals surface area contributed by atoms with Crippen LogP contribution in [-0.2, 0) is 0 Å². The van der Waals surface area contributed by atoms with Gasteiger partial charge in [0.15, 0.2) is 0 Å². The molecule has 6 heteroatoms. The molecule has 0 radical (unpaired) electrons. The summed E-state index contributed by atoms with van der Waals surface area (Å²) in [6.07, 6.45) is 2.01. The van der Waals surface area contributed by atoms with Crippen LogP contribution in [0.3, 0.4) is 0 Å². The van der Waals surface area contributed by atoms with Crippen molar-refractivity contribution in [3.63, 3.8) is 0 Å². The summed E-state index contributed by atoms with van der Waals surface area (Å²) in [6, 6.07) is 3.84. The number of amides is 1. The summed E-state index contributed by atoms with van der Waals surface area (Å²) in [5.74, 6) is 0.156. The molecule has 120 valence electrons. The van der Waals surface area contributed by atoms with Gasteiger partial charge >= 0.3 is 0 Å². The molecule has 4 nitrogen and oxygen atoms in total. The molecule has 0 N–H and O–H groups in total. The highest BCUT2D eigenvalue weighted by Crippen LogP contribution is 2.23. The van der Waals surface area contributed by atoms with E-state index in [1.807, 2.05) is 17.0 Å². The van der Waals surface area contributed by atoms with Crippen molar-refractivity contribution < 1.29 is 4.79 Å². The van der Waals surface area contributed by atoms with Crippen LogP contribution in [0.2, 0.25) is 0 Å². The summed E-state index contributed by atoms with van der Waals surface area (Å²) in [5.41, 5.74) is 0. The van der Waals surface area contributed by atoms with E-state index in [1.165, 1.54) is 11.3 Å². The number of carbonyl (C=O) groups excluding carboxylic acids is 1. The van der Waals surface area contributed by atoms with Crippen molar-refractivity contribution in [2.45, 2.75) is 12.8 Å². The summed E-state index contributed by atoms with van der Waals surface area (Å²) in [4.78, 5) is 19.7. The molecular weight excluding hydrogens is 350 g/mol. The summed E-state index contributed by atoms with van der Waals surface area (Å²) in [5, 5.41) is 0. The first kappa shape index (κ1) is 18.6. The highest BCUT2D eigenvalue weighted by atomic mass is 79.9. The van der Waals surface area contributed by atoms with Crippen molar-refractivity contribution in [1.29, 1.82) is 0 Å². The Morgan fingerprint density at radius 3 is 1.90 bits per heavy atom. The number of carbonyl (C=O) groups is 1. The molecular formula is C15H26BrN3OS. The Morgan fingerprint density at radius 2 is 1.52 bits per heavy atom. The van der Waals surface area contributed by atoms with E-state index in [-0.39, 0.29) is 5.91 Å². The molecule has 21 heavy (non-hydrogen) atoms. The molecule has 0 unspecified atom stereocenters. The highest BCUT2D eigenvalue weighted by molar-refractivity contribution is 9.11. The van der Waals surface area contributed by atoms with Gasteiger partial charge in [-0.05, 0) is 82.2 Å². The van der Waals surface area contributed by atoms with Crippen LogP contribution >= 0.6 is 27.3 Å². The van der Waals surface area contributed by atoms with Crippen LogP contribution in [0.5, 0.6) is 0 Å². The minimum Gasteiger partial charge on any atom is -0.338 e. The second-order valence-electron chi connectivity index (χ2n) is 5.71. The second-order valence-corrected chi connectivity index (χ2v) is 8.17. The standard InChI is InChI=1S/C15H26BrN3OS/c1-17(2)9-5-11-19(12-6-10-18(3)4)15(20)13-7-8-14(16)21-13/h7-8H,5-6,9-12H2,1-4H3. The Kier molecular flexibility index (Phi) is 8.48. The molecule has 0 atom stereocenters. The number of hydrogen-bond donors (Lipinski definition) is 0. The first-order chi connectivity index (χ1) is 9.90. The van der Waals surface area contributed by atoms with Crippen LogP contribution in [0.4, 0.5) is 0 Å². The summed E-state index contributed by atoms with van der Waals surface area (Å²) < 4.78 is 1.01. The van der Waals surface area contributed by atoms with E-state index >= 15 is 0 Å². The molecule has 1 aromatic rings. The van der Waals surface area contributed by atoms with Crippen molar-refractivity contribution >= 4 is 33.2 Å². The first-order valence-electron chi connectivity index (χ1n) is 7.24. The number of rotatable bonds is 9. The molecule has 0 aliphatic heterocycles. The van der Waals surface area contributed by atoms with Gasteiger partial charge in [0.2, 0.25) is 0 Å². The van der Waals surface area contributed by atoms with Gasteiger partial charge in [-0.3, -0.25) is 4.79 Å². The minimum absolute atomic E-state index is 0.156. The Bertz CT molecular complexity index is 420. The summed E-state index contributed by atoms with van der Waals surface area (Å²) in [6.45, 7) is 3.65. The van der Waals surface area contributed by atoms with E-state index in [4.69, 9.17) is 0 Å². The Morgan fingerprint density at radius 1 is 1.00 bits per heavy atom. The first-order valence-corrected chi connectivity index (χ1v) is 8.85. The van der Waals surface area contributed by atoms with E-state index in [2.05, 4.69) is 53.9 Å². The fraction of sp³-hybridized carbons (Fsp3) is 0.667. The fourth-order valence-corrected chi connectivity index (χ4v) is 3.41. The van der Waals surface area contributed by atoms with Gasteiger partial charge in [0.25, 0.3) is 5.91 Å². The van der Waals surface area contributed by atoms with Gasteiger partial charge in [-0.1, -0.05) is 0 Å². The van der Waals surface area contributed by atoms with Gasteiger partial charge in [-0.25, -0.2) is 0 Å². The lowest BCUT2D eigenvalue weighted by atomic mass is 10.3. The normalized spacial score (nSPS) is 11.4. The zero-order valence-electron chi connectivity index (χ0n) is 13.4. The van der Waals surface area contributed by atoms with Gasteiger partial charge in [0, 0.05) is 13.1 Å². The lowest BCUT2D eigenvalue weighted by Crippen LogP contribution is -2.35. The average molecular weight is 376 g/mol. The van der Waals surface area contributed by atoms with Crippen molar-refractivity contribution in [3.05, 3.63) is 20.8 Å². The molecule has 1 amide bonds. The maximum atomic E-state index is 12.6. The molecule has 1 aromatic heterocycles. The SMILES string of the molecule is CN(C)CCCN(CCCN(C)C)C(=O)c1ccc(Br)s1. The van der Waals surface area contributed by atoms with E-state index in [9.17, 15) is 4.79 Å². The molecule has 0 aromatic carbocycles. The van der Waals surface area contributed by atoms with Crippen molar-refractivity contribution in [1.82, 2.24) is 14.7 Å². The van der Waals surface area contributed by atoms with Crippen molar-refractivity contribution in [2.75, 3.05) is 54.4 Å². The third-order valence-corrected chi connectivity index (χ3v) is 4.75. The predicted molar refractivity (Wildman–Crippen MR) is 94.3 cm³/mol. The largest absolute Gasteiger partial charge is 0.338 e. The molecule has 0 spiro atoms. The number of thiophene rings is 1. The zero-order valence-corrected chi connectivity index (χ0v) is 15.8. The van der Waals surface area contributed by atoms with Gasteiger partial charge < -0.3 is 14.7 Å². The summed E-state index contributed by atoms with van der Waals surface area (Å²) >= 11 is 4.94. The average Bonchev–Trinajstić information content (AvgIpc) is 2.82. The fourth-order valence-electron chi connectivity index (χ4n) is 2.06. The molecule has 0 saturated heterocycles. The van der Waals surface area contributed by atoms with E-state index < -0.39 is 0 Å². The van der Waals surface area contributed by atoms with Crippen LogP contribution in [0.25, 0.3) is 0 Å². The van der Waals surface area contributed by atoms with Crippen LogP contribution < -0.4 is 0 Å². The molecule has 0 bridgehead atoms. The molecule has 1 rings (SSSR count). The van der Waals surface area contributed by atoms with Crippen LogP contribution in [-0.4, -0.2) is 75.0 Å². The molecule has 0 saturated carbocycles. The third-order valence-electron chi connectivity index (χ3n) is 3.14. The van der Waals surface area contributed by atoms with Crippen LogP contribution in [0.15, 0.2) is 15.9 Å². The molecule has 0 aliphatic carbocycles. The molecule has 0 aliphatic rings. The molecule has 0 fully saturated rings. The Balaban J connectivity index is 2.59. The number of hydrogen-bond acceptors (Lipinski definition) is 4. The third kappa shape index (κ3) is 7.40. The monoisotopic (exact) mass is 375 g/mol. The summed E-state index contributed by atoms with van der Waals surface area (Å²) in [7, 11) is 8.26. The van der Waals surface area contributed by atoms with Crippen molar-refractivity contribution in [3.8, 4) is 0 Å². The van der Waals surface area contributed by atoms with Gasteiger partial charge in [-0.15, -0.1) is 11.3 Å². The quantitative estimate of drug-likeness (QED) is 0.663. The lowest BCUT2D eigenvalue weighted by Gasteiger charge is -2.24. The van der Waals surface area contributed by atoms with Gasteiger partial charge in [0.1, 0.15) is 0 Å². The maximum Gasteiger partial charge on any atom is 0.263 e. The van der Waals surface area contributed by atoms with E-state index in [0.29, 0.717) is 0 Å². The van der Waals surface area contributed by atoms with E-state index in [1.54, 1.807) is 0 Å². The topological polar surface area (TPSA) is 26.8 Å². The van der Waals surface area contributed by atoms with Gasteiger partial charge in [-0.2, -0.15) is 0 Å². The van der Waals surface area contributed by atoms with Crippen molar-refractivity contribution in [2.24, 2.45) is 0 Å². The smallest absolute Gasteiger partial charge is 0.263 e. The Labute approximate surface area is 140 Å². The minimum atomic E-state index is 0.156. The van der Waals surface area contributed by atoms with Gasteiger partial charge in [0.05, 0.1) is 8.66 Å². The highest BCUT2D eigenvalue weighted by Gasteiger charge is 2.17. The predicted octanol–water partition coefficient (Wildman–Crippen LogP) is 2.86. The Hall–Kier alpha value is -0.430. The second kappa shape index (κ2) is 9.56. The van der Waals surface area contributed by atoms with E-state index in [0.717, 1.165) is 47.7 Å². The zero-order chi connectivity index (χ0) is 15.8. The lowest BCUT2D eigenvalue weighted by molar-refractivity contribution is 0.0749. The maximum absolute atomic E-state index is 12.6.